The van der Waals surface area contributed by atoms with Crippen molar-refractivity contribution >= 4 is 0 Å². The third kappa shape index (κ3) is 2.55. The zero-order valence-electron chi connectivity index (χ0n) is 9.57. The van der Waals surface area contributed by atoms with Crippen LogP contribution < -0.4 is 0 Å². The Bertz CT molecular complexity index is 256. The zero-order chi connectivity index (χ0) is 10.6. The van der Waals surface area contributed by atoms with Crippen LogP contribution in [0, 0.1) is 0 Å². The predicted molar refractivity (Wildman–Crippen MR) is 60.2 cm³/mol. The molecule has 1 unspecified atom stereocenters. The first-order valence-electron chi connectivity index (χ1n) is 5.29. The van der Waals surface area contributed by atoms with Gasteiger partial charge in [0.05, 0.1) is 11.7 Å². The highest BCUT2D eigenvalue weighted by atomic mass is 15.2. The van der Waals surface area contributed by atoms with Crippen LogP contribution in [-0.2, 0) is 0 Å². The molecule has 1 heterocycles. The summed E-state index contributed by atoms with van der Waals surface area (Å²) in [7, 11) is 2.16. The molecule has 78 valence electrons. The van der Waals surface area contributed by atoms with Crippen molar-refractivity contribution in [3.05, 3.63) is 30.1 Å². The number of pyridine rings is 1. The van der Waals surface area contributed by atoms with E-state index >= 15 is 0 Å². The van der Waals surface area contributed by atoms with Crippen molar-refractivity contribution in [3.63, 3.8) is 0 Å². The Morgan fingerprint density at radius 2 is 2.07 bits per heavy atom. The lowest BCUT2D eigenvalue weighted by Crippen LogP contribution is -2.31. The highest BCUT2D eigenvalue weighted by Gasteiger charge is 2.17. The van der Waals surface area contributed by atoms with Crippen LogP contribution in [0.1, 0.15) is 38.9 Å². The van der Waals surface area contributed by atoms with E-state index in [9.17, 15) is 0 Å². The molecule has 0 saturated carbocycles. The van der Waals surface area contributed by atoms with Crippen LogP contribution in [0.25, 0.3) is 0 Å². The Balaban J connectivity index is 2.82. The molecule has 0 spiro atoms. The lowest BCUT2D eigenvalue weighted by Gasteiger charge is -2.30. The maximum Gasteiger partial charge on any atom is 0.0575 e. The van der Waals surface area contributed by atoms with E-state index in [-0.39, 0.29) is 0 Å². The molecule has 0 aliphatic carbocycles. The molecule has 1 aromatic heterocycles. The number of hydrogen-bond acceptors (Lipinski definition) is 2. The van der Waals surface area contributed by atoms with Gasteiger partial charge in [-0.15, -0.1) is 0 Å². The Morgan fingerprint density at radius 3 is 2.50 bits per heavy atom. The minimum Gasteiger partial charge on any atom is -0.295 e. The maximum atomic E-state index is 4.41. The number of aromatic nitrogens is 1. The van der Waals surface area contributed by atoms with Crippen molar-refractivity contribution in [1.82, 2.24) is 9.88 Å². The zero-order valence-corrected chi connectivity index (χ0v) is 9.57. The molecule has 0 aliphatic heterocycles. The first-order valence-corrected chi connectivity index (χ1v) is 5.29. The molecule has 2 heteroatoms. The monoisotopic (exact) mass is 192 g/mol. The second-order valence-electron chi connectivity index (χ2n) is 3.94. The van der Waals surface area contributed by atoms with Crippen molar-refractivity contribution in [2.75, 3.05) is 7.05 Å². The molecule has 0 saturated heterocycles. The first-order chi connectivity index (χ1) is 6.66. The van der Waals surface area contributed by atoms with E-state index in [0.29, 0.717) is 12.1 Å². The van der Waals surface area contributed by atoms with E-state index in [1.54, 1.807) is 0 Å². The molecule has 1 atom stereocenters. The van der Waals surface area contributed by atoms with Gasteiger partial charge in [-0.05, 0) is 39.4 Å². The average Bonchev–Trinajstić information content (AvgIpc) is 2.20. The van der Waals surface area contributed by atoms with Crippen LogP contribution in [0.5, 0.6) is 0 Å². The first kappa shape index (κ1) is 11.2. The van der Waals surface area contributed by atoms with E-state index in [1.807, 2.05) is 12.3 Å². The summed E-state index contributed by atoms with van der Waals surface area (Å²) in [5.41, 5.74) is 1.17. The van der Waals surface area contributed by atoms with E-state index in [4.69, 9.17) is 0 Å². The van der Waals surface area contributed by atoms with Crippen LogP contribution >= 0.6 is 0 Å². The summed E-state index contributed by atoms with van der Waals surface area (Å²) in [6.07, 6.45) is 2.97. The second kappa shape index (κ2) is 5.11. The molecule has 1 rings (SSSR count). The maximum absolute atomic E-state index is 4.41. The molecular weight excluding hydrogens is 172 g/mol. The largest absolute Gasteiger partial charge is 0.295 e. The van der Waals surface area contributed by atoms with E-state index < -0.39 is 0 Å². The van der Waals surface area contributed by atoms with Gasteiger partial charge < -0.3 is 0 Å². The van der Waals surface area contributed by atoms with Crippen LogP contribution in [0.4, 0.5) is 0 Å². The van der Waals surface area contributed by atoms with Crippen LogP contribution in [0.2, 0.25) is 0 Å². The molecule has 0 radical (unpaired) electrons. The summed E-state index contributed by atoms with van der Waals surface area (Å²) in [6.45, 7) is 6.63. The number of nitrogens with zero attached hydrogens (tertiary/aromatic N) is 2. The Hall–Kier alpha value is -0.890. The van der Waals surface area contributed by atoms with Crippen LogP contribution in [0.3, 0.4) is 0 Å². The van der Waals surface area contributed by atoms with Gasteiger partial charge in [-0.2, -0.15) is 0 Å². The summed E-state index contributed by atoms with van der Waals surface area (Å²) < 4.78 is 0. The third-order valence-electron chi connectivity index (χ3n) is 2.72. The fourth-order valence-electron chi connectivity index (χ4n) is 1.64. The van der Waals surface area contributed by atoms with E-state index in [1.165, 1.54) is 5.69 Å². The summed E-state index contributed by atoms with van der Waals surface area (Å²) in [5.74, 6) is 0. The molecule has 14 heavy (non-hydrogen) atoms. The standard InChI is InChI=1S/C12H20N2/c1-5-12(14(4)10(2)3)11-8-6-7-9-13-11/h6-10,12H,5H2,1-4H3. The Kier molecular flexibility index (Phi) is 4.08. The topological polar surface area (TPSA) is 16.1 Å². The normalized spacial score (nSPS) is 13.6. The van der Waals surface area contributed by atoms with E-state index in [2.05, 4.69) is 49.8 Å². The lowest BCUT2D eigenvalue weighted by molar-refractivity contribution is 0.188. The van der Waals surface area contributed by atoms with Gasteiger partial charge in [-0.1, -0.05) is 13.0 Å². The number of hydrogen-bond donors (Lipinski definition) is 0. The quantitative estimate of drug-likeness (QED) is 0.729. The third-order valence-corrected chi connectivity index (χ3v) is 2.72. The SMILES string of the molecule is CCC(c1ccccn1)N(C)C(C)C. The molecule has 0 amide bonds. The molecule has 1 aromatic rings. The fraction of sp³-hybridized carbons (Fsp3) is 0.583. The molecular formula is C12H20N2. The van der Waals surface area contributed by atoms with Gasteiger partial charge in [0.25, 0.3) is 0 Å². The van der Waals surface area contributed by atoms with Crippen molar-refractivity contribution in [2.24, 2.45) is 0 Å². The van der Waals surface area contributed by atoms with Crippen molar-refractivity contribution < 1.29 is 0 Å². The van der Waals surface area contributed by atoms with Gasteiger partial charge in [-0.25, -0.2) is 0 Å². The van der Waals surface area contributed by atoms with Crippen LogP contribution in [0.15, 0.2) is 24.4 Å². The van der Waals surface area contributed by atoms with Gasteiger partial charge in [0, 0.05) is 12.2 Å². The average molecular weight is 192 g/mol. The smallest absolute Gasteiger partial charge is 0.0575 e. The second-order valence-corrected chi connectivity index (χ2v) is 3.94. The summed E-state index contributed by atoms with van der Waals surface area (Å²) >= 11 is 0. The van der Waals surface area contributed by atoms with Gasteiger partial charge in [-0.3, -0.25) is 9.88 Å². The minimum atomic E-state index is 0.441. The molecule has 0 N–H and O–H groups in total. The molecule has 0 bridgehead atoms. The summed E-state index contributed by atoms with van der Waals surface area (Å²) in [6, 6.07) is 7.12. The molecule has 2 nitrogen and oxygen atoms in total. The van der Waals surface area contributed by atoms with Crippen molar-refractivity contribution in [3.8, 4) is 0 Å². The van der Waals surface area contributed by atoms with E-state index in [0.717, 1.165) is 6.42 Å². The van der Waals surface area contributed by atoms with Crippen molar-refractivity contribution in [1.29, 1.82) is 0 Å². The van der Waals surface area contributed by atoms with Crippen LogP contribution in [-0.4, -0.2) is 23.0 Å². The summed E-state index contributed by atoms with van der Waals surface area (Å²) in [5, 5.41) is 0. The van der Waals surface area contributed by atoms with Gasteiger partial charge in [0.2, 0.25) is 0 Å². The lowest BCUT2D eigenvalue weighted by atomic mass is 10.1. The summed E-state index contributed by atoms with van der Waals surface area (Å²) in [4.78, 5) is 6.78. The Morgan fingerprint density at radius 1 is 1.36 bits per heavy atom. The van der Waals surface area contributed by atoms with Gasteiger partial charge in [0.1, 0.15) is 0 Å². The minimum absolute atomic E-state index is 0.441. The predicted octanol–water partition coefficient (Wildman–Crippen LogP) is 2.87. The molecule has 0 aliphatic rings. The highest BCUT2D eigenvalue weighted by Crippen LogP contribution is 2.22. The molecule has 0 fully saturated rings. The Labute approximate surface area is 87.0 Å². The molecule has 0 aromatic carbocycles. The number of rotatable bonds is 4. The van der Waals surface area contributed by atoms with Gasteiger partial charge in [0.15, 0.2) is 0 Å². The van der Waals surface area contributed by atoms with Gasteiger partial charge >= 0.3 is 0 Å². The van der Waals surface area contributed by atoms with Crippen molar-refractivity contribution in [2.45, 2.75) is 39.3 Å². The fourth-order valence-corrected chi connectivity index (χ4v) is 1.64. The highest BCUT2D eigenvalue weighted by molar-refractivity contribution is 5.08.